The SMILES string of the molecule is O=C(N[C@@H]1C=C[C@H](CO)C1)c1cccc2cn[nH]c12. The van der Waals surface area contributed by atoms with Gasteiger partial charge in [0, 0.05) is 24.0 Å². The van der Waals surface area contributed by atoms with E-state index in [4.69, 9.17) is 5.11 Å². The number of carbonyl (C=O) groups is 1. The zero-order chi connectivity index (χ0) is 13.2. The van der Waals surface area contributed by atoms with E-state index in [1.54, 1.807) is 12.3 Å². The first kappa shape index (κ1) is 11.9. The Bertz CT molecular complexity index is 632. The molecule has 2 atom stereocenters. The van der Waals surface area contributed by atoms with Crippen LogP contribution >= 0.6 is 0 Å². The Morgan fingerprint density at radius 1 is 1.47 bits per heavy atom. The highest BCUT2D eigenvalue weighted by Crippen LogP contribution is 2.19. The molecule has 5 heteroatoms. The predicted octanol–water partition coefficient (Wildman–Crippen LogP) is 1.23. The molecule has 0 saturated carbocycles. The number of amides is 1. The van der Waals surface area contributed by atoms with Crippen LogP contribution in [0.5, 0.6) is 0 Å². The summed E-state index contributed by atoms with van der Waals surface area (Å²) in [4.78, 5) is 12.3. The number of H-pyrrole nitrogens is 1. The standard InChI is InChI=1S/C14H15N3O2/c18-8-9-4-5-11(6-9)16-14(19)12-3-1-2-10-7-15-17-13(10)12/h1-5,7,9,11,18H,6,8H2,(H,15,17)(H,16,19)/t9-,11+/m0/s1. The van der Waals surface area contributed by atoms with E-state index in [9.17, 15) is 4.79 Å². The van der Waals surface area contributed by atoms with Gasteiger partial charge in [-0.05, 0) is 12.5 Å². The van der Waals surface area contributed by atoms with E-state index >= 15 is 0 Å². The maximum Gasteiger partial charge on any atom is 0.253 e. The van der Waals surface area contributed by atoms with Gasteiger partial charge in [-0.15, -0.1) is 0 Å². The summed E-state index contributed by atoms with van der Waals surface area (Å²) in [5.41, 5.74) is 1.34. The second-order valence-corrected chi connectivity index (χ2v) is 4.78. The Morgan fingerprint density at radius 2 is 2.37 bits per heavy atom. The number of rotatable bonds is 3. The van der Waals surface area contributed by atoms with Gasteiger partial charge in [-0.2, -0.15) is 5.10 Å². The first-order chi connectivity index (χ1) is 9.28. The molecule has 0 radical (unpaired) electrons. The average Bonchev–Trinajstić information content (AvgIpc) is 3.05. The van der Waals surface area contributed by atoms with E-state index in [0.717, 1.165) is 17.3 Å². The fourth-order valence-corrected chi connectivity index (χ4v) is 2.42. The van der Waals surface area contributed by atoms with Gasteiger partial charge in [-0.3, -0.25) is 9.89 Å². The zero-order valence-electron chi connectivity index (χ0n) is 10.3. The third kappa shape index (κ3) is 2.24. The highest BCUT2D eigenvalue weighted by Gasteiger charge is 2.21. The second-order valence-electron chi connectivity index (χ2n) is 4.78. The lowest BCUT2D eigenvalue weighted by atomic mass is 10.1. The summed E-state index contributed by atoms with van der Waals surface area (Å²) < 4.78 is 0. The molecule has 0 fully saturated rings. The molecule has 0 bridgehead atoms. The lowest BCUT2D eigenvalue weighted by Crippen LogP contribution is -2.33. The molecule has 1 amide bonds. The van der Waals surface area contributed by atoms with Crippen LogP contribution in [0.3, 0.4) is 0 Å². The first-order valence-electron chi connectivity index (χ1n) is 6.30. The Kier molecular flexibility index (Phi) is 3.05. The number of para-hydroxylation sites is 1. The second kappa shape index (κ2) is 4.85. The summed E-state index contributed by atoms with van der Waals surface area (Å²) in [6.45, 7) is 0.124. The molecule has 0 spiro atoms. The number of hydrogen-bond donors (Lipinski definition) is 3. The van der Waals surface area contributed by atoms with Gasteiger partial charge in [-0.1, -0.05) is 24.3 Å². The minimum atomic E-state index is -0.122. The van der Waals surface area contributed by atoms with Crippen LogP contribution in [-0.4, -0.2) is 33.9 Å². The van der Waals surface area contributed by atoms with Crippen molar-refractivity contribution < 1.29 is 9.90 Å². The van der Waals surface area contributed by atoms with Gasteiger partial charge in [0.1, 0.15) is 0 Å². The number of nitrogens with one attached hydrogen (secondary N) is 2. The number of aliphatic hydroxyl groups is 1. The third-order valence-corrected chi connectivity index (χ3v) is 3.44. The van der Waals surface area contributed by atoms with Crippen LogP contribution in [0, 0.1) is 5.92 Å². The number of aromatic nitrogens is 2. The van der Waals surface area contributed by atoms with E-state index in [0.29, 0.717) is 5.56 Å². The molecule has 1 aromatic heterocycles. The Labute approximate surface area is 110 Å². The Balaban J connectivity index is 1.78. The summed E-state index contributed by atoms with van der Waals surface area (Å²) >= 11 is 0. The number of fused-ring (bicyclic) bond motifs is 1. The van der Waals surface area contributed by atoms with Crippen LogP contribution in [-0.2, 0) is 0 Å². The van der Waals surface area contributed by atoms with Crippen molar-refractivity contribution in [1.82, 2.24) is 15.5 Å². The lowest BCUT2D eigenvalue weighted by molar-refractivity contribution is 0.0942. The molecule has 1 aliphatic rings. The van der Waals surface area contributed by atoms with Crippen molar-refractivity contribution >= 4 is 16.8 Å². The maximum atomic E-state index is 12.3. The maximum absolute atomic E-state index is 12.3. The largest absolute Gasteiger partial charge is 0.396 e. The molecule has 19 heavy (non-hydrogen) atoms. The first-order valence-corrected chi connectivity index (χ1v) is 6.30. The van der Waals surface area contributed by atoms with Crippen molar-refractivity contribution in [2.75, 3.05) is 6.61 Å². The summed E-state index contributed by atoms with van der Waals surface area (Å²) in [7, 11) is 0. The van der Waals surface area contributed by atoms with E-state index in [1.807, 2.05) is 24.3 Å². The van der Waals surface area contributed by atoms with Crippen molar-refractivity contribution in [1.29, 1.82) is 0 Å². The number of carbonyl (C=O) groups excluding carboxylic acids is 1. The summed E-state index contributed by atoms with van der Waals surface area (Å²) in [5, 5.41) is 19.7. The van der Waals surface area contributed by atoms with E-state index in [-0.39, 0.29) is 24.5 Å². The van der Waals surface area contributed by atoms with E-state index in [1.165, 1.54) is 0 Å². The fraction of sp³-hybridized carbons (Fsp3) is 0.286. The molecular formula is C14H15N3O2. The van der Waals surface area contributed by atoms with Crippen LogP contribution in [0.4, 0.5) is 0 Å². The summed E-state index contributed by atoms with van der Waals surface area (Å²) in [6.07, 6.45) is 6.33. The molecule has 1 aliphatic carbocycles. The number of aliphatic hydroxyl groups excluding tert-OH is 1. The van der Waals surface area contributed by atoms with Gasteiger partial charge in [0.05, 0.1) is 17.3 Å². The van der Waals surface area contributed by atoms with Gasteiger partial charge < -0.3 is 10.4 Å². The van der Waals surface area contributed by atoms with Crippen molar-refractivity contribution in [3.63, 3.8) is 0 Å². The van der Waals surface area contributed by atoms with Crippen LogP contribution in [0.25, 0.3) is 10.9 Å². The molecule has 1 heterocycles. The molecule has 2 aromatic rings. The zero-order valence-corrected chi connectivity index (χ0v) is 10.3. The van der Waals surface area contributed by atoms with Crippen LogP contribution in [0.2, 0.25) is 0 Å². The van der Waals surface area contributed by atoms with Gasteiger partial charge >= 0.3 is 0 Å². The number of hydrogen-bond acceptors (Lipinski definition) is 3. The lowest BCUT2D eigenvalue weighted by Gasteiger charge is -2.13. The smallest absolute Gasteiger partial charge is 0.253 e. The third-order valence-electron chi connectivity index (χ3n) is 3.44. The predicted molar refractivity (Wildman–Crippen MR) is 71.7 cm³/mol. The van der Waals surface area contributed by atoms with Crippen molar-refractivity contribution in [3.05, 3.63) is 42.1 Å². The molecule has 0 saturated heterocycles. The average molecular weight is 257 g/mol. The molecule has 5 nitrogen and oxygen atoms in total. The number of benzene rings is 1. The van der Waals surface area contributed by atoms with Crippen LogP contribution in [0.1, 0.15) is 16.8 Å². The summed E-state index contributed by atoms with van der Waals surface area (Å²) in [6, 6.07) is 5.52. The topological polar surface area (TPSA) is 78.0 Å². The number of nitrogens with zero attached hydrogens (tertiary/aromatic N) is 1. The van der Waals surface area contributed by atoms with Gasteiger partial charge in [0.25, 0.3) is 5.91 Å². The van der Waals surface area contributed by atoms with Crippen molar-refractivity contribution in [3.8, 4) is 0 Å². The number of aromatic amines is 1. The molecule has 0 aliphatic heterocycles. The Morgan fingerprint density at radius 3 is 3.16 bits per heavy atom. The minimum Gasteiger partial charge on any atom is -0.396 e. The molecule has 1 aromatic carbocycles. The van der Waals surface area contributed by atoms with Crippen LogP contribution < -0.4 is 5.32 Å². The Hall–Kier alpha value is -2.14. The van der Waals surface area contributed by atoms with Gasteiger partial charge in [0.2, 0.25) is 0 Å². The van der Waals surface area contributed by atoms with Crippen molar-refractivity contribution in [2.45, 2.75) is 12.5 Å². The van der Waals surface area contributed by atoms with E-state index in [2.05, 4.69) is 15.5 Å². The van der Waals surface area contributed by atoms with Gasteiger partial charge in [0.15, 0.2) is 0 Å². The normalized spacial score (nSPS) is 21.9. The highest BCUT2D eigenvalue weighted by atomic mass is 16.3. The fourth-order valence-electron chi connectivity index (χ4n) is 2.42. The quantitative estimate of drug-likeness (QED) is 0.724. The van der Waals surface area contributed by atoms with E-state index < -0.39 is 0 Å². The molecule has 98 valence electrons. The van der Waals surface area contributed by atoms with Crippen molar-refractivity contribution in [2.24, 2.45) is 5.92 Å². The van der Waals surface area contributed by atoms with Gasteiger partial charge in [-0.25, -0.2) is 0 Å². The molecule has 3 rings (SSSR count). The molecule has 0 unspecified atom stereocenters. The van der Waals surface area contributed by atoms with Crippen LogP contribution in [0.15, 0.2) is 36.5 Å². The molecule has 3 N–H and O–H groups in total. The minimum absolute atomic E-state index is 0.0113. The molecular weight excluding hydrogens is 242 g/mol. The monoisotopic (exact) mass is 257 g/mol. The highest BCUT2D eigenvalue weighted by molar-refractivity contribution is 6.05. The summed E-state index contributed by atoms with van der Waals surface area (Å²) in [5.74, 6) is 0.0244.